The van der Waals surface area contributed by atoms with Gasteiger partial charge in [-0.2, -0.15) is 0 Å². The number of aliphatic carboxylic acids is 1. The van der Waals surface area contributed by atoms with E-state index in [0.717, 1.165) is 0 Å². The Morgan fingerprint density at radius 2 is 1.16 bits per heavy atom. The summed E-state index contributed by atoms with van der Waals surface area (Å²) in [6.45, 7) is 11.6. The van der Waals surface area contributed by atoms with Crippen molar-refractivity contribution in [1.29, 1.82) is 0 Å². The van der Waals surface area contributed by atoms with Gasteiger partial charge in [0.25, 0.3) is 0 Å². The maximum Gasteiger partial charge on any atom is 0.326 e. The molecule has 5 N–H and O–H groups in total. The molecule has 0 heterocycles. The smallest absolute Gasteiger partial charge is 0.326 e. The van der Waals surface area contributed by atoms with Crippen molar-refractivity contribution in [3.05, 3.63) is 0 Å². The number of nitrogens with two attached hydrogens (primary N) is 1. The minimum atomic E-state index is -1.08. The van der Waals surface area contributed by atoms with Crippen LogP contribution < -0.4 is 16.4 Å². The average molecular weight is 357 g/mol. The first-order chi connectivity index (χ1) is 11.4. The molecule has 0 saturated carbocycles. The summed E-state index contributed by atoms with van der Waals surface area (Å²) in [4.78, 5) is 36.1. The lowest BCUT2D eigenvalue weighted by molar-refractivity contribution is -0.142. The van der Waals surface area contributed by atoms with E-state index in [0.29, 0.717) is 19.3 Å². The molecule has 0 aliphatic rings. The molecule has 146 valence electrons. The zero-order valence-electron chi connectivity index (χ0n) is 16.3. The predicted octanol–water partition coefficient (Wildman–Crippen LogP) is 1.51. The van der Waals surface area contributed by atoms with Gasteiger partial charge < -0.3 is 21.5 Å². The van der Waals surface area contributed by atoms with Crippen LogP contribution in [0.25, 0.3) is 0 Å². The first-order valence-electron chi connectivity index (χ1n) is 9.03. The molecule has 0 unspecified atom stereocenters. The number of carboxylic acid groups (broad SMARTS) is 1. The van der Waals surface area contributed by atoms with Gasteiger partial charge in [-0.3, -0.25) is 9.59 Å². The molecular weight excluding hydrogens is 322 g/mol. The molecule has 7 nitrogen and oxygen atoms in total. The molecular formula is C18H35N3O4. The van der Waals surface area contributed by atoms with E-state index in [1.165, 1.54) is 0 Å². The second-order valence-corrected chi connectivity index (χ2v) is 7.96. The number of carboxylic acids is 1. The molecule has 7 heteroatoms. The summed E-state index contributed by atoms with van der Waals surface area (Å²) in [5.74, 6) is -1.39. The van der Waals surface area contributed by atoms with Crippen LogP contribution in [-0.4, -0.2) is 41.0 Å². The van der Waals surface area contributed by atoms with Gasteiger partial charge in [0.05, 0.1) is 6.04 Å². The SMILES string of the molecule is CC(C)C[C@H](NC(=O)[C@H](CC(C)C)NC(=O)[C@@H](N)CC(C)C)C(=O)O. The first-order valence-corrected chi connectivity index (χ1v) is 9.03. The third kappa shape index (κ3) is 10.1. The molecule has 25 heavy (non-hydrogen) atoms. The maximum atomic E-state index is 12.5. The molecule has 2 amide bonds. The monoisotopic (exact) mass is 357 g/mol. The van der Waals surface area contributed by atoms with E-state index in [1.54, 1.807) is 0 Å². The van der Waals surface area contributed by atoms with Crippen LogP contribution in [-0.2, 0) is 14.4 Å². The number of carbonyl (C=O) groups is 3. The second kappa shape index (κ2) is 11.1. The summed E-state index contributed by atoms with van der Waals surface area (Å²) in [5.41, 5.74) is 5.87. The lowest BCUT2D eigenvalue weighted by Crippen LogP contribution is -2.55. The summed E-state index contributed by atoms with van der Waals surface area (Å²) in [5, 5.41) is 14.5. The van der Waals surface area contributed by atoms with Crippen molar-refractivity contribution in [3.63, 3.8) is 0 Å². The highest BCUT2D eigenvalue weighted by Gasteiger charge is 2.28. The second-order valence-electron chi connectivity index (χ2n) is 7.96. The molecule has 0 fully saturated rings. The van der Waals surface area contributed by atoms with Gasteiger partial charge in [0.15, 0.2) is 0 Å². The standard InChI is InChI=1S/C18H35N3O4/c1-10(2)7-13(19)16(22)20-14(8-11(3)4)17(23)21-15(18(24)25)9-12(5)6/h10-15H,7-9,19H2,1-6H3,(H,20,22)(H,21,23)(H,24,25)/t13-,14-,15-/m0/s1. The first kappa shape index (κ1) is 23.4. The van der Waals surface area contributed by atoms with Crippen LogP contribution >= 0.6 is 0 Å². The molecule has 0 aromatic carbocycles. The van der Waals surface area contributed by atoms with E-state index in [-0.39, 0.29) is 23.7 Å². The summed E-state index contributed by atoms with van der Waals surface area (Å²) in [7, 11) is 0. The van der Waals surface area contributed by atoms with Crippen LogP contribution in [0.1, 0.15) is 60.8 Å². The Labute approximate surface area is 151 Å². The Morgan fingerprint density at radius 1 is 0.760 bits per heavy atom. The minimum Gasteiger partial charge on any atom is -0.480 e. The highest BCUT2D eigenvalue weighted by Crippen LogP contribution is 2.10. The van der Waals surface area contributed by atoms with Crippen LogP contribution in [0.2, 0.25) is 0 Å². The van der Waals surface area contributed by atoms with Crippen LogP contribution in [0.5, 0.6) is 0 Å². The van der Waals surface area contributed by atoms with E-state index in [4.69, 9.17) is 5.73 Å². The molecule has 0 aromatic heterocycles. The number of rotatable bonds is 11. The van der Waals surface area contributed by atoms with E-state index < -0.39 is 30.0 Å². The Balaban J connectivity index is 5.02. The Kier molecular flexibility index (Phi) is 10.4. The third-order valence-corrected chi connectivity index (χ3v) is 3.72. The minimum absolute atomic E-state index is 0.124. The van der Waals surface area contributed by atoms with Crippen molar-refractivity contribution >= 4 is 17.8 Å². The van der Waals surface area contributed by atoms with Crippen LogP contribution in [0.15, 0.2) is 0 Å². The molecule has 0 radical (unpaired) electrons. The number of hydrogen-bond acceptors (Lipinski definition) is 4. The highest BCUT2D eigenvalue weighted by atomic mass is 16.4. The zero-order chi connectivity index (χ0) is 19.7. The quantitative estimate of drug-likeness (QED) is 0.446. The average Bonchev–Trinajstić information content (AvgIpc) is 2.43. The van der Waals surface area contributed by atoms with Gasteiger partial charge in [-0.1, -0.05) is 41.5 Å². The summed E-state index contributed by atoms with van der Waals surface area (Å²) < 4.78 is 0. The summed E-state index contributed by atoms with van der Waals surface area (Å²) in [6.07, 6.45) is 1.27. The Hall–Kier alpha value is -1.63. The van der Waals surface area contributed by atoms with Crippen LogP contribution in [0, 0.1) is 17.8 Å². The molecule has 0 saturated heterocycles. The van der Waals surface area contributed by atoms with Gasteiger partial charge in [-0.25, -0.2) is 4.79 Å². The van der Waals surface area contributed by atoms with Gasteiger partial charge in [-0.15, -0.1) is 0 Å². The van der Waals surface area contributed by atoms with E-state index in [1.807, 2.05) is 41.5 Å². The van der Waals surface area contributed by atoms with Crippen LogP contribution in [0.3, 0.4) is 0 Å². The Morgan fingerprint density at radius 3 is 1.56 bits per heavy atom. The molecule has 3 atom stereocenters. The fourth-order valence-electron chi connectivity index (χ4n) is 2.56. The fourth-order valence-corrected chi connectivity index (χ4v) is 2.56. The topological polar surface area (TPSA) is 122 Å². The van der Waals surface area contributed by atoms with Crippen molar-refractivity contribution in [2.75, 3.05) is 0 Å². The molecule has 0 spiro atoms. The van der Waals surface area contributed by atoms with Gasteiger partial charge >= 0.3 is 5.97 Å². The Bertz CT molecular complexity index is 450. The maximum absolute atomic E-state index is 12.5. The molecule has 0 bridgehead atoms. The molecule has 0 aliphatic heterocycles. The van der Waals surface area contributed by atoms with Crippen molar-refractivity contribution in [3.8, 4) is 0 Å². The lowest BCUT2D eigenvalue weighted by Gasteiger charge is -2.25. The highest BCUT2D eigenvalue weighted by molar-refractivity contribution is 5.91. The normalized spacial score (nSPS) is 15.1. The largest absolute Gasteiger partial charge is 0.480 e. The summed E-state index contributed by atoms with van der Waals surface area (Å²) >= 11 is 0. The number of nitrogens with one attached hydrogen (secondary N) is 2. The zero-order valence-corrected chi connectivity index (χ0v) is 16.3. The van der Waals surface area contributed by atoms with Gasteiger partial charge in [0, 0.05) is 0 Å². The van der Waals surface area contributed by atoms with E-state index in [2.05, 4.69) is 10.6 Å². The summed E-state index contributed by atoms with van der Waals surface area (Å²) in [6, 6.07) is -2.45. The molecule has 0 rings (SSSR count). The van der Waals surface area contributed by atoms with Gasteiger partial charge in [0.1, 0.15) is 12.1 Å². The van der Waals surface area contributed by atoms with Crippen molar-refractivity contribution in [2.45, 2.75) is 78.9 Å². The third-order valence-electron chi connectivity index (χ3n) is 3.72. The predicted molar refractivity (Wildman–Crippen MR) is 97.8 cm³/mol. The lowest BCUT2D eigenvalue weighted by atomic mass is 9.99. The number of hydrogen-bond donors (Lipinski definition) is 4. The van der Waals surface area contributed by atoms with Crippen molar-refractivity contribution in [1.82, 2.24) is 10.6 Å². The molecule has 0 aliphatic carbocycles. The van der Waals surface area contributed by atoms with Gasteiger partial charge in [0.2, 0.25) is 11.8 Å². The number of carbonyl (C=O) groups excluding carboxylic acids is 2. The van der Waals surface area contributed by atoms with Gasteiger partial charge in [-0.05, 0) is 37.0 Å². The van der Waals surface area contributed by atoms with Crippen molar-refractivity contribution < 1.29 is 19.5 Å². The van der Waals surface area contributed by atoms with E-state index in [9.17, 15) is 19.5 Å². The molecule has 0 aromatic rings. The fraction of sp³-hybridized carbons (Fsp3) is 0.833. The van der Waals surface area contributed by atoms with E-state index >= 15 is 0 Å². The van der Waals surface area contributed by atoms with Crippen LogP contribution in [0.4, 0.5) is 0 Å². The number of amides is 2. The van der Waals surface area contributed by atoms with Crippen molar-refractivity contribution in [2.24, 2.45) is 23.5 Å².